The third-order valence-corrected chi connectivity index (χ3v) is 4.34. The Morgan fingerprint density at radius 3 is 2.62 bits per heavy atom. The molecule has 6 nitrogen and oxygen atoms in total. The lowest BCUT2D eigenvalue weighted by Crippen LogP contribution is -2.50. The molecule has 0 bridgehead atoms. The van der Waals surface area contributed by atoms with Crippen molar-refractivity contribution in [3.63, 3.8) is 0 Å². The van der Waals surface area contributed by atoms with Crippen LogP contribution in [-0.4, -0.2) is 59.3 Å². The van der Waals surface area contributed by atoms with Crippen molar-refractivity contribution >= 4 is 11.8 Å². The van der Waals surface area contributed by atoms with Gasteiger partial charge in [-0.25, -0.2) is 4.39 Å². The maximum atomic E-state index is 13.1. The number of hydrogen-bond acceptors (Lipinski definition) is 4. The topological polar surface area (TPSA) is 65.5 Å². The number of nitrogens with one attached hydrogen (secondary N) is 1. The molecule has 1 aliphatic heterocycles. The standard InChI is InChI=1S/C19H21FN4O2/c20-17-5-1-4-16(11-17)19(26)22-13-18(25)24-9-7-23(8-10-24)14-15-3-2-6-21-12-15/h1-6,11-12H,7-10,13-14H2,(H,22,26). The number of nitrogens with zero attached hydrogens (tertiary/aromatic N) is 3. The van der Waals surface area contributed by atoms with Crippen LogP contribution in [0.2, 0.25) is 0 Å². The fourth-order valence-corrected chi connectivity index (χ4v) is 2.90. The summed E-state index contributed by atoms with van der Waals surface area (Å²) in [5.41, 5.74) is 1.36. The molecule has 0 saturated carbocycles. The van der Waals surface area contributed by atoms with Gasteiger partial charge in [-0.15, -0.1) is 0 Å². The molecule has 26 heavy (non-hydrogen) atoms. The van der Waals surface area contributed by atoms with Crippen LogP contribution in [0, 0.1) is 5.82 Å². The van der Waals surface area contributed by atoms with E-state index in [2.05, 4.69) is 15.2 Å². The Kier molecular flexibility index (Phi) is 5.91. The molecule has 1 aliphatic rings. The van der Waals surface area contributed by atoms with Gasteiger partial charge in [-0.3, -0.25) is 19.5 Å². The Labute approximate surface area is 151 Å². The fraction of sp³-hybridized carbons (Fsp3) is 0.316. The molecule has 0 unspecified atom stereocenters. The Hall–Kier alpha value is -2.80. The SMILES string of the molecule is O=C(NCC(=O)N1CCN(Cc2cccnc2)CC1)c1cccc(F)c1. The average Bonchev–Trinajstić information content (AvgIpc) is 2.67. The third kappa shape index (κ3) is 4.86. The van der Waals surface area contributed by atoms with Gasteiger partial charge in [0.2, 0.25) is 5.91 Å². The van der Waals surface area contributed by atoms with Gasteiger partial charge in [0.1, 0.15) is 5.82 Å². The number of amides is 2. The van der Waals surface area contributed by atoms with Crippen LogP contribution in [0.5, 0.6) is 0 Å². The molecule has 1 aromatic carbocycles. The molecule has 0 aliphatic carbocycles. The van der Waals surface area contributed by atoms with Crippen molar-refractivity contribution in [1.82, 2.24) is 20.1 Å². The van der Waals surface area contributed by atoms with Crippen molar-refractivity contribution < 1.29 is 14.0 Å². The Balaban J connectivity index is 1.43. The summed E-state index contributed by atoms with van der Waals surface area (Å²) in [6, 6.07) is 9.35. The second-order valence-electron chi connectivity index (χ2n) is 6.21. The molecule has 1 aromatic heterocycles. The molecular formula is C19H21FN4O2. The zero-order valence-corrected chi connectivity index (χ0v) is 14.4. The first-order chi connectivity index (χ1) is 12.6. The summed E-state index contributed by atoms with van der Waals surface area (Å²) in [7, 11) is 0. The zero-order chi connectivity index (χ0) is 18.4. The van der Waals surface area contributed by atoms with Crippen LogP contribution in [0.25, 0.3) is 0 Å². The minimum atomic E-state index is -0.478. The van der Waals surface area contributed by atoms with E-state index >= 15 is 0 Å². The van der Waals surface area contributed by atoms with E-state index in [1.807, 2.05) is 18.3 Å². The van der Waals surface area contributed by atoms with E-state index < -0.39 is 11.7 Å². The van der Waals surface area contributed by atoms with Gasteiger partial charge in [0, 0.05) is 50.7 Å². The average molecular weight is 356 g/mol. The maximum Gasteiger partial charge on any atom is 0.251 e. The van der Waals surface area contributed by atoms with Gasteiger partial charge in [0.05, 0.1) is 6.54 Å². The largest absolute Gasteiger partial charge is 0.343 e. The van der Waals surface area contributed by atoms with E-state index in [1.54, 1.807) is 11.1 Å². The number of rotatable bonds is 5. The predicted molar refractivity (Wildman–Crippen MR) is 94.8 cm³/mol. The Bertz CT molecular complexity index is 761. The van der Waals surface area contributed by atoms with Crippen LogP contribution in [-0.2, 0) is 11.3 Å². The van der Waals surface area contributed by atoms with E-state index in [0.29, 0.717) is 13.1 Å². The molecular weight excluding hydrogens is 335 g/mol. The number of carbonyl (C=O) groups excluding carboxylic acids is 2. The molecule has 0 atom stereocenters. The van der Waals surface area contributed by atoms with Crippen molar-refractivity contribution in [2.24, 2.45) is 0 Å². The van der Waals surface area contributed by atoms with E-state index in [1.165, 1.54) is 18.2 Å². The van der Waals surface area contributed by atoms with Gasteiger partial charge in [0.25, 0.3) is 5.91 Å². The molecule has 1 saturated heterocycles. The number of benzene rings is 1. The second kappa shape index (κ2) is 8.53. The second-order valence-corrected chi connectivity index (χ2v) is 6.21. The summed E-state index contributed by atoms with van der Waals surface area (Å²) in [5, 5.41) is 2.56. The predicted octanol–water partition coefficient (Wildman–Crippen LogP) is 1.29. The zero-order valence-electron chi connectivity index (χ0n) is 14.4. The van der Waals surface area contributed by atoms with Crippen LogP contribution < -0.4 is 5.32 Å². The quantitative estimate of drug-likeness (QED) is 0.877. The van der Waals surface area contributed by atoms with Crippen molar-refractivity contribution in [2.45, 2.75) is 6.54 Å². The van der Waals surface area contributed by atoms with Crippen LogP contribution >= 0.6 is 0 Å². The lowest BCUT2D eigenvalue weighted by Gasteiger charge is -2.34. The highest BCUT2D eigenvalue weighted by Gasteiger charge is 2.21. The van der Waals surface area contributed by atoms with Crippen LogP contribution in [0.15, 0.2) is 48.8 Å². The minimum Gasteiger partial charge on any atom is -0.343 e. The van der Waals surface area contributed by atoms with Crippen molar-refractivity contribution in [3.05, 3.63) is 65.7 Å². The first kappa shape index (κ1) is 18.0. The molecule has 0 radical (unpaired) electrons. The molecule has 7 heteroatoms. The summed E-state index contributed by atoms with van der Waals surface area (Å²) in [6.07, 6.45) is 3.59. The first-order valence-corrected chi connectivity index (χ1v) is 8.54. The lowest BCUT2D eigenvalue weighted by atomic mass is 10.2. The highest BCUT2D eigenvalue weighted by molar-refractivity contribution is 5.96. The van der Waals surface area contributed by atoms with Gasteiger partial charge < -0.3 is 10.2 Å². The molecule has 3 rings (SSSR count). The minimum absolute atomic E-state index is 0.0854. The highest BCUT2D eigenvalue weighted by Crippen LogP contribution is 2.08. The summed E-state index contributed by atoms with van der Waals surface area (Å²) in [5.74, 6) is -1.06. The van der Waals surface area contributed by atoms with Gasteiger partial charge in [-0.1, -0.05) is 12.1 Å². The number of halogens is 1. The summed E-state index contributed by atoms with van der Waals surface area (Å²) < 4.78 is 13.1. The van der Waals surface area contributed by atoms with Crippen molar-refractivity contribution in [3.8, 4) is 0 Å². The third-order valence-electron chi connectivity index (χ3n) is 4.34. The molecule has 1 fully saturated rings. The van der Waals surface area contributed by atoms with E-state index in [9.17, 15) is 14.0 Å². The number of hydrogen-bond donors (Lipinski definition) is 1. The smallest absolute Gasteiger partial charge is 0.251 e. The number of aromatic nitrogens is 1. The summed E-state index contributed by atoms with van der Waals surface area (Å²) in [6.45, 7) is 3.52. The summed E-state index contributed by atoms with van der Waals surface area (Å²) >= 11 is 0. The van der Waals surface area contributed by atoms with Crippen LogP contribution in [0.4, 0.5) is 4.39 Å². The molecule has 136 valence electrons. The number of piperazine rings is 1. The molecule has 2 heterocycles. The van der Waals surface area contributed by atoms with Gasteiger partial charge in [-0.05, 0) is 29.8 Å². The molecule has 0 spiro atoms. The van der Waals surface area contributed by atoms with Gasteiger partial charge in [-0.2, -0.15) is 0 Å². The maximum absolute atomic E-state index is 13.1. The van der Waals surface area contributed by atoms with Gasteiger partial charge >= 0.3 is 0 Å². The Morgan fingerprint density at radius 1 is 1.12 bits per heavy atom. The normalized spacial score (nSPS) is 14.9. The first-order valence-electron chi connectivity index (χ1n) is 8.54. The van der Waals surface area contributed by atoms with Crippen LogP contribution in [0.3, 0.4) is 0 Å². The number of pyridine rings is 1. The fourth-order valence-electron chi connectivity index (χ4n) is 2.90. The number of carbonyl (C=O) groups is 2. The van der Waals surface area contributed by atoms with Crippen molar-refractivity contribution in [2.75, 3.05) is 32.7 Å². The van der Waals surface area contributed by atoms with Crippen LogP contribution in [0.1, 0.15) is 15.9 Å². The summed E-state index contributed by atoms with van der Waals surface area (Å²) in [4.78, 5) is 32.4. The lowest BCUT2D eigenvalue weighted by molar-refractivity contribution is -0.131. The Morgan fingerprint density at radius 2 is 1.92 bits per heavy atom. The molecule has 2 amide bonds. The molecule has 1 N–H and O–H groups in total. The molecule has 2 aromatic rings. The van der Waals surface area contributed by atoms with E-state index in [-0.39, 0.29) is 18.0 Å². The van der Waals surface area contributed by atoms with Crippen molar-refractivity contribution in [1.29, 1.82) is 0 Å². The monoisotopic (exact) mass is 356 g/mol. The van der Waals surface area contributed by atoms with E-state index in [0.717, 1.165) is 31.3 Å². The van der Waals surface area contributed by atoms with Gasteiger partial charge in [0.15, 0.2) is 0 Å². The van der Waals surface area contributed by atoms with E-state index in [4.69, 9.17) is 0 Å². The highest BCUT2D eigenvalue weighted by atomic mass is 19.1.